The Morgan fingerprint density at radius 3 is 2.55 bits per heavy atom. The Kier molecular flexibility index (Phi) is 4.77. The fraction of sp³-hybridized carbons (Fsp3) is 0.500. The van der Waals surface area contributed by atoms with Crippen LogP contribution in [-0.2, 0) is 10.0 Å². The third-order valence-electron chi connectivity index (χ3n) is 3.08. The van der Waals surface area contributed by atoms with Gasteiger partial charge in [-0.05, 0) is 38.1 Å². The number of nitrogens with one attached hydrogen (secondary N) is 2. The van der Waals surface area contributed by atoms with Gasteiger partial charge in [0.15, 0.2) is 0 Å². The van der Waals surface area contributed by atoms with Gasteiger partial charge in [-0.2, -0.15) is 8.78 Å². The lowest BCUT2D eigenvalue weighted by atomic mass is 10.2. The molecule has 0 aromatic heterocycles. The number of benzene rings is 1. The first-order valence-electron chi connectivity index (χ1n) is 6.25. The van der Waals surface area contributed by atoms with Gasteiger partial charge in [0.05, 0.1) is 10.9 Å². The number of halogens is 2. The molecular formula is C12H16F2N2O3S. The number of sulfonamides is 1. The highest BCUT2D eigenvalue weighted by Crippen LogP contribution is 2.28. The molecule has 1 heterocycles. The van der Waals surface area contributed by atoms with Crippen LogP contribution in [0.5, 0.6) is 5.75 Å². The highest BCUT2D eigenvalue weighted by atomic mass is 32.2. The lowest BCUT2D eigenvalue weighted by Crippen LogP contribution is -2.38. The van der Waals surface area contributed by atoms with Gasteiger partial charge in [-0.25, -0.2) is 8.42 Å². The fourth-order valence-corrected chi connectivity index (χ4v) is 3.59. The van der Waals surface area contributed by atoms with Crippen molar-refractivity contribution < 1.29 is 21.9 Å². The summed E-state index contributed by atoms with van der Waals surface area (Å²) in [4.78, 5) is 0. The first-order valence-corrected chi connectivity index (χ1v) is 7.80. The van der Waals surface area contributed by atoms with Gasteiger partial charge in [-0.1, -0.05) is 12.1 Å². The van der Waals surface area contributed by atoms with Crippen LogP contribution in [0.25, 0.3) is 0 Å². The molecule has 1 aromatic rings. The van der Waals surface area contributed by atoms with Crippen LogP contribution in [0, 0.1) is 0 Å². The summed E-state index contributed by atoms with van der Waals surface area (Å²) in [6.45, 7) is -1.75. The second-order valence-corrected chi connectivity index (χ2v) is 6.43. The predicted octanol–water partition coefficient (Wildman–Crippen LogP) is 1.78. The van der Waals surface area contributed by atoms with Crippen molar-refractivity contribution in [3.63, 3.8) is 0 Å². The lowest BCUT2D eigenvalue weighted by Gasteiger charge is -2.23. The molecule has 1 fully saturated rings. The number of hydrogen-bond donors (Lipinski definition) is 2. The van der Waals surface area contributed by atoms with Crippen LogP contribution in [0.4, 0.5) is 14.5 Å². The van der Waals surface area contributed by atoms with Gasteiger partial charge >= 0.3 is 6.61 Å². The summed E-state index contributed by atoms with van der Waals surface area (Å²) < 4.78 is 55.6. The van der Waals surface area contributed by atoms with E-state index in [2.05, 4.69) is 14.8 Å². The molecule has 0 aliphatic carbocycles. The number of alkyl halides is 2. The summed E-state index contributed by atoms with van der Waals surface area (Å²) in [6, 6.07) is 5.75. The van der Waals surface area contributed by atoms with Crippen LogP contribution >= 0.6 is 0 Å². The molecule has 1 saturated heterocycles. The molecule has 20 heavy (non-hydrogen) atoms. The second kappa shape index (κ2) is 6.36. The molecule has 0 bridgehead atoms. The monoisotopic (exact) mass is 306 g/mol. The number of hydrogen-bond acceptors (Lipinski definition) is 4. The quantitative estimate of drug-likeness (QED) is 0.870. The molecule has 5 nitrogen and oxygen atoms in total. The van der Waals surface area contributed by atoms with Crippen LogP contribution in [0.3, 0.4) is 0 Å². The number of ether oxygens (including phenoxy) is 1. The maximum atomic E-state index is 12.3. The summed E-state index contributed by atoms with van der Waals surface area (Å²) >= 11 is 0. The number of rotatable bonds is 5. The van der Waals surface area contributed by atoms with Crippen molar-refractivity contribution in [1.29, 1.82) is 0 Å². The molecule has 0 amide bonds. The van der Waals surface area contributed by atoms with E-state index in [1.165, 1.54) is 18.2 Å². The molecule has 2 N–H and O–H groups in total. The van der Waals surface area contributed by atoms with Crippen LogP contribution < -0.4 is 14.8 Å². The van der Waals surface area contributed by atoms with Gasteiger partial charge in [0.1, 0.15) is 5.75 Å². The molecule has 1 aromatic carbocycles. The molecule has 2 rings (SSSR count). The van der Waals surface area contributed by atoms with Crippen molar-refractivity contribution in [2.75, 3.05) is 17.8 Å². The second-order valence-electron chi connectivity index (χ2n) is 4.47. The van der Waals surface area contributed by atoms with Crippen LogP contribution in [0.15, 0.2) is 24.3 Å². The SMILES string of the molecule is O=S(=O)(Nc1ccccc1OC(F)F)C1CCNCC1. The molecule has 112 valence electrons. The largest absolute Gasteiger partial charge is 0.433 e. The maximum Gasteiger partial charge on any atom is 0.387 e. The highest BCUT2D eigenvalue weighted by molar-refractivity contribution is 7.93. The summed E-state index contributed by atoms with van der Waals surface area (Å²) in [5.74, 6) is -0.181. The Morgan fingerprint density at radius 2 is 1.90 bits per heavy atom. The minimum Gasteiger partial charge on any atom is -0.433 e. The summed E-state index contributed by atoms with van der Waals surface area (Å²) in [6.07, 6.45) is 0.987. The van der Waals surface area contributed by atoms with Crippen molar-refractivity contribution >= 4 is 15.7 Å². The average Bonchev–Trinajstić information content (AvgIpc) is 2.41. The fourth-order valence-electron chi connectivity index (χ4n) is 2.09. The first kappa shape index (κ1) is 15.0. The Bertz CT molecular complexity index is 545. The van der Waals surface area contributed by atoms with Crippen LogP contribution in [0.2, 0.25) is 0 Å². The van der Waals surface area contributed by atoms with E-state index in [1.54, 1.807) is 6.07 Å². The molecule has 0 radical (unpaired) electrons. The molecular weight excluding hydrogens is 290 g/mol. The Morgan fingerprint density at radius 1 is 1.25 bits per heavy atom. The molecule has 1 aliphatic heterocycles. The number of para-hydroxylation sites is 2. The maximum absolute atomic E-state index is 12.3. The van der Waals surface area contributed by atoms with Crippen molar-refractivity contribution in [3.05, 3.63) is 24.3 Å². The van der Waals surface area contributed by atoms with Gasteiger partial charge in [-0.15, -0.1) is 0 Å². The highest BCUT2D eigenvalue weighted by Gasteiger charge is 2.28. The van der Waals surface area contributed by atoms with E-state index in [1.807, 2.05) is 0 Å². The third-order valence-corrected chi connectivity index (χ3v) is 4.93. The smallest absolute Gasteiger partial charge is 0.387 e. The average molecular weight is 306 g/mol. The van der Waals surface area contributed by atoms with Gasteiger partial charge in [-0.3, -0.25) is 4.72 Å². The predicted molar refractivity (Wildman–Crippen MR) is 71.5 cm³/mol. The standard InChI is InChI=1S/C12H16F2N2O3S/c13-12(14)19-11-4-2-1-3-10(11)16-20(17,18)9-5-7-15-8-6-9/h1-4,9,12,15-16H,5-8H2. The molecule has 1 aliphatic rings. The number of anilines is 1. The van der Waals surface area contributed by atoms with E-state index >= 15 is 0 Å². The van der Waals surface area contributed by atoms with E-state index in [0.717, 1.165) is 0 Å². The van der Waals surface area contributed by atoms with Gasteiger partial charge in [0, 0.05) is 0 Å². The number of piperidine rings is 1. The Balaban J connectivity index is 2.16. The Hall–Kier alpha value is -1.41. The van der Waals surface area contributed by atoms with E-state index in [0.29, 0.717) is 25.9 Å². The minimum absolute atomic E-state index is 0.0336. The van der Waals surface area contributed by atoms with Crippen molar-refractivity contribution in [2.24, 2.45) is 0 Å². The summed E-state index contributed by atoms with van der Waals surface area (Å²) in [5.41, 5.74) is 0.0336. The van der Waals surface area contributed by atoms with Gasteiger partial charge in [0.2, 0.25) is 10.0 Å². The van der Waals surface area contributed by atoms with E-state index in [-0.39, 0.29) is 11.4 Å². The zero-order valence-electron chi connectivity index (χ0n) is 10.7. The van der Waals surface area contributed by atoms with E-state index in [4.69, 9.17) is 0 Å². The molecule has 0 atom stereocenters. The van der Waals surface area contributed by atoms with Crippen molar-refractivity contribution in [1.82, 2.24) is 5.32 Å². The van der Waals surface area contributed by atoms with Crippen molar-refractivity contribution in [3.8, 4) is 5.75 Å². The first-order chi connectivity index (χ1) is 9.49. The van der Waals surface area contributed by atoms with Crippen molar-refractivity contribution in [2.45, 2.75) is 24.7 Å². The molecule has 8 heteroatoms. The van der Waals surface area contributed by atoms with E-state index < -0.39 is 21.9 Å². The zero-order valence-corrected chi connectivity index (χ0v) is 11.5. The molecule has 0 spiro atoms. The normalized spacial score (nSPS) is 17.1. The molecule has 0 saturated carbocycles. The minimum atomic E-state index is -3.61. The lowest BCUT2D eigenvalue weighted by molar-refractivity contribution is -0.0493. The van der Waals surface area contributed by atoms with Crippen LogP contribution in [0.1, 0.15) is 12.8 Å². The Labute approximate surface area is 116 Å². The topological polar surface area (TPSA) is 67.4 Å². The third kappa shape index (κ3) is 3.80. The zero-order chi connectivity index (χ0) is 14.6. The van der Waals surface area contributed by atoms with Crippen LogP contribution in [-0.4, -0.2) is 33.4 Å². The van der Waals surface area contributed by atoms with E-state index in [9.17, 15) is 17.2 Å². The molecule has 0 unspecified atom stereocenters. The summed E-state index contributed by atoms with van der Waals surface area (Å²) in [5, 5.41) is 2.55. The van der Waals surface area contributed by atoms with Gasteiger partial charge in [0.25, 0.3) is 0 Å². The van der Waals surface area contributed by atoms with Gasteiger partial charge < -0.3 is 10.1 Å². The summed E-state index contributed by atoms with van der Waals surface area (Å²) in [7, 11) is -3.61.